The minimum absolute atomic E-state index is 0.357. The quantitative estimate of drug-likeness (QED) is 0.522. The van der Waals surface area contributed by atoms with Crippen molar-refractivity contribution in [1.82, 2.24) is 0 Å². The van der Waals surface area contributed by atoms with Gasteiger partial charge in [-0.15, -0.1) is 0 Å². The Kier molecular flexibility index (Phi) is 8.90. The van der Waals surface area contributed by atoms with Crippen LogP contribution in [-0.4, -0.2) is 34.2 Å². The first kappa shape index (κ1) is 16.3. The Balaban J connectivity index is 0. The van der Waals surface area contributed by atoms with Crippen molar-refractivity contribution in [3.05, 3.63) is 0 Å². The van der Waals surface area contributed by atoms with Crippen LogP contribution in [0.15, 0.2) is 0 Å². The molecule has 0 unspecified atom stereocenters. The average molecular weight is 220 g/mol. The molecule has 6 heteroatoms. The summed E-state index contributed by atoms with van der Waals surface area (Å²) in [5.74, 6) is -1.52. The maximum atomic E-state index is 10.1. The number of nitrogens with two attached hydrogens (primary N) is 2. The Morgan fingerprint density at radius 1 is 1.07 bits per heavy atom. The molecule has 0 fully saturated rings. The molecule has 0 aliphatic carbocycles. The van der Waals surface area contributed by atoms with Gasteiger partial charge in [0.15, 0.2) is 0 Å². The van der Waals surface area contributed by atoms with Crippen LogP contribution in [0.3, 0.4) is 0 Å². The van der Waals surface area contributed by atoms with Crippen LogP contribution in [0.1, 0.15) is 27.2 Å². The average Bonchev–Trinajstić information content (AvgIpc) is 2.03. The topological polar surface area (TPSA) is 127 Å². The number of carboxylic acid groups (broad SMARTS) is 2. The van der Waals surface area contributed by atoms with Gasteiger partial charge >= 0.3 is 11.9 Å². The van der Waals surface area contributed by atoms with Crippen LogP contribution in [0.2, 0.25) is 0 Å². The molecule has 0 aromatic rings. The van der Waals surface area contributed by atoms with Gasteiger partial charge in [0.05, 0.1) is 0 Å². The van der Waals surface area contributed by atoms with Gasteiger partial charge in [-0.05, 0) is 19.3 Å². The lowest BCUT2D eigenvalue weighted by molar-refractivity contribution is -0.139. The molecule has 6 N–H and O–H groups in total. The van der Waals surface area contributed by atoms with Crippen LogP contribution < -0.4 is 11.5 Å². The van der Waals surface area contributed by atoms with E-state index in [4.69, 9.17) is 21.7 Å². The van der Waals surface area contributed by atoms with E-state index in [0.717, 1.165) is 0 Å². The summed E-state index contributed by atoms with van der Waals surface area (Å²) in [6.07, 6.45) is 0.551. The summed E-state index contributed by atoms with van der Waals surface area (Å²) in [5, 5.41) is 16.2. The highest BCUT2D eigenvalue weighted by molar-refractivity contribution is 5.73. The van der Waals surface area contributed by atoms with Crippen molar-refractivity contribution in [2.24, 2.45) is 17.4 Å². The maximum absolute atomic E-state index is 10.1. The highest BCUT2D eigenvalue weighted by Gasteiger charge is 2.11. The standard InChI is InChI=1S/C6H13NO2.C3H7NO2/c1-4(2)3-5(7)6(8)9;1-2(4)3(5)6/h4-5H,3,7H2,1-2H3,(H,8,9);2H,4H2,1H3,(H,5,6)/t5-;2-/m10/s1. The highest BCUT2D eigenvalue weighted by atomic mass is 16.4. The predicted octanol–water partition coefficient (Wildman–Crippen LogP) is -0.137. The molecule has 15 heavy (non-hydrogen) atoms. The van der Waals surface area contributed by atoms with Gasteiger partial charge in [-0.25, -0.2) is 0 Å². The van der Waals surface area contributed by atoms with E-state index in [2.05, 4.69) is 0 Å². The van der Waals surface area contributed by atoms with E-state index >= 15 is 0 Å². The minimum Gasteiger partial charge on any atom is -0.480 e. The summed E-state index contributed by atoms with van der Waals surface area (Å²) in [6.45, 7) is 5.31. The Morgan fingerprint density at radius 3 is 1.47 bits per heavy atom. The van der Waals surface area contributed by atoms with Crippen molar-refractivity contribution in [3.8, 4) is 0 Å². The third kappa shape index (κ3) is 12.9. The Hall–Kier alpha value is -1.14. The summed E-state index contributed by atoms with van der Waals surface area (Å²) >= 11 is 0. The Morgan fingerprint density at radius 2 is 1.40 bits per heavy atom. The van der Waals surface area contributed by atoms with Crippen LogP contribution in [0, 0.1) is 5.92 Å². The Bertz CT molecular complexity index is 204. The molecule has 0 heterocycles. The molecule has 0 spiro atoms. The predicted molar refractivity (Wildman–Crippen MR) is 56.4 cm³/mol. The highest BCUT2D eigenvalue weighted by Crippen LogP contribution is 2.01. The van der Waals surface area contributed by atoms with Gasteiger partial charge in [0, 0.05) is 0 Å². The molecular weight excluding hydrogens is 200 g/mol. The summed E-state index contributed by atoms with van der Waals surface area (Å²) in [7, 11) is 0. The van der Waals surface area contributed by atoms with Crippen molar-refractivity contribution in [2.45, 2.75) is 39.3 Å². The first-order valence-electron chi connectivity index (χ1n) is 4.65. The fraction of sp³-hybridized carbons (Fsp3) is 0.778. The van der Waals surface area contributed by atoms with Crippen LogP contribution in [0.25, 0.3) is 0 Å². The Labute approximate surface area is 89.3 Å². The van der Waals surface area contributed by atoms with Crippen molar-refractivity contribution < 1.29 is 19.8 Å². The van der Waals surface area contributed by atoms with Crippen LogP contribution in [-0.2, 0) is 9.59 Å². The fourth-order valence-electron chi connectivity index (χ4n) is 0.609. The summed E-state index contributed by atoms with van der Waals surface area (Å²) < 4.78 is 0. The van der Waals surface area contributed by atoms with E-state index in [9.17, 15) is 9.59 Å². The van der Waals surface area contributed by atoms with E-state index in [1.54, 1.807) is 0 Å². The summed E-state index contributed by atoms with van der Waals surface area (Å²) in [6, 6.07) is -1.42. The number of carbonyl (C=O) groups is 2. The van der Waals surface area contributed by atoms with Gasteiger partial charge in [0.2, 0.25) is 0 Å². The number of hydrogen-bond donors (Lipinski definition) is 4. The molecule has 2 atom stereocenters. The lowest BCUT2D eigenvalue weighted by Crippen LogP contribution is -2.31. The summed E-state index contributed by atoms with van der Waals surface area (Å²) in [4.78, 5) is 19.7. The minimum atomic E-state index is -0.963. The zero-order valence-electron chi connectivity index (χ0n) is 9.30. The van der Waals surface area contributed by atoms with Crippen molar-refractivity contribution >= 4 is 11.9 Å². The van der Waals surface area contributed by atoms with Gasteiger partial charge in [0.25, 0.3) is 0 Å². The molecule has 0 saturated carbocycles. The monoisotopic (exact) mass is 220 g/mol. The molecule has 6 nitrogen and oxygen atoms in total. The van der Waals surface area contributed by atoms with Crippen LogP contribution >= 0.6 is 0 Å². The smallest absolute Gasteiger partial charge is 0.320 e. The van der Waals surface area contributed by atoms with Gasteiger partial charge in [-0.3, -0.25) is 9.59 Å². The summed E-state index contributed by atoms with van der Waals surface area (Å²) in [5.41, 5.74) is 10.1. The molecule has 90 valence electrons. The maximum Gasteiger partial charge on any atom is 0.320 e. The third-order valence-corrected chi connectivity index (χ3v) is 1.43. The van der Waals surface area contributed by atoms with Gasteiger partial charge in [-0.1, -0.05) is 13.8 Å². The first-order valence-corrected chi connectivity index (χ1v) is 4.65. The van der Waals surface area contributed by atoms with Gasteiger partial charge in [0.1, 0.15) is 12.1 Å². The second-order valence-corrected chi connectivity index (χ2v) is 3.70. The van der Waals surface area contributed by atoms with Gasteiger partial charge in [-0.2, -0.15) is 0 Å². The lowest BCUT2D eigenvalue weighted by atomic mass is 10.1. The number of rotatable bonds is 4. The number of carboxylic acids is 2. The third-order valence-electron chi connectivity index (χ3n) is 1.43. The van der Waals surface area contributed by atoms with Crippen molar-refractivity contribution in [3.63, 3.8) is 0 Å². The molecule has 0 radical (unpaired) electrons. The molecule has 0 bridgehead atoms. The van der Waals surface area contributed by atoms with E-state index in [-0.39, 0.29) is 0 Å². The molecule has 0 amide bonds. The zero-order chi connectivity index (χ0) is 12.6. The van der Waals surface area contributed by atoms with Crippen molar-refractivity contribution in [1.29, 1.82) is 0 Å². The fourth-order valence-corrected chi connectivity index (χ4v) is 0.609. The SMILES string of the molecule is CC(C)C[C@@H](N)C(=O)O.C[C@H](N)C(=O)O. The van der Waals surface area contributed by atoms with Gasteiger partial charge < -0.3 is 21.7 Å². The molecule has 0 aliphatic rings. The van der Waals surface area contributed by atoms with E-state index in [0.29, 0.717) is 12.3 Å². The van der Waals surface area contributed by atoms with E-state index in [1.807, 2.05) is 13.8 Å². The zero-order valence-corrected chi connectivity index (χ0v) is 9.30. The van der Waals surface area contributed by atoms with Crippen LogP contribution in [0.4, 0.5) is 0 Å². The van der Waals surface area contributed by atoms with Crippen molar-refractivity contribution in [2.75, 3.05) is 0 Å². The molecular formula is C9H20N2O4. The molecule has 0 aromatic heterocycles. The largest absolute Gasteiger partial charge is 0.480 e. The molecule has 0 aromatic carbocycles. The normalized spacial score (nSPS) is 13.7. The number of hydrogen-bond acceptors (Lipinski definition) is 4. The molecule has 0 aliphatic heterocycles. The van der Waals surface area contributed by atoms with E-state index < -0.39 is 24.0 Å². The van der Waals surface area contributed by atoms with Crippen LogP contribution in [0.5, 0.6) is 0 Å². The van der Waals surface area contributed by atoms with E-state index in [1.165, 1.54) is 6.92 Å². The molecule has 0 rings (SSSR count). The first-order chi connectivity index (χ1) is 6.68. The number of aliphatic carboxylic acids is 2. The molecule has 0 saturated heterocycles. The lowest BCUT2D eigenvalue weighted by Gasteiger charge is -2.07. The second kappa shape index (κ2) is 8.19. The second-order valence-electron chi connectivity index (χ2n) is 3.70.